The van der Waals surface area contributed by atoms with Gasteiger partial charge in [-0.15, -0.1) is 0 Å². The highest BCUT2D eigenvalue weighted by Gasteiger charge is 2.31. The smallest absolute Gasteiger partial charge is 0.382 e. The SMILES string of the molecule is CC(C(N)=O)N(c1ccc(F)cc1)c1nc(N)c(C(=O)c2cc(C(=O)NCC(F)(F)F)no2)s1. The van der Waals surface area contributed by atoms with Gasteiger partial charge in [0.25, 0.3) is 5.91 Å². The molecule has 10 nitrogen and oxygen atoms in total. The summed E-state index contributed by atoms with van der Waals surface area (Å²) < 4.78 is 54.9. The highest BCUT2D eigenvalue weighted by molar-refractivity contribution is 7.18. The van der Waals surface area contributed by atoms with Crippen molar-refractivity contribution < 1.29 is 36.5 Å². The van der Waals surface area contributed by atoms with E-state index in [4.69, 9.17) is 16.0 Å². The number of halogens is 4. The van der Waals surface area contributed by atoms with Gasteiger partial charge in [-0.05, 0) is 31.2 Å². The summed E-state index contributed by atoms with van der Waals surface area (Å²) in [6.45, 7) is -0.128. The molecule has 2 aromatic heterocycles. The van der Waals surface area contributed by atoms with Crippen molar-refractivity contribution in [2.24, 2.45) is 5.73 Å². The fraction of sp³-hybridized carbons (Fsp3) is 0.211. The predicted molar refractivity (Wildman–Crippen MR) is 112 cm³/mol. The Labute approximate surface area is 192 Å². The van der Waals surface area contributed by atoms with E-state index in [2.05, 4.69) is 10.1 Å². The number of hydrogen-bond donors (Lipinski definition) is 3. The lowest BCUT2D eigenvalue weighted by Gasteiger charge is -2.26. The number of aromatic nitrogens is 2. The van der Waals surface area contributed by atoms with Crippen LogP contribution in [0.3, 0.4) is 0 Å². The molecule has 0 bridgehead atoms. The lowest BCUT2D eigenvalue weighted by molar-refractivity contribution is -0.123. The van der Waals surface area contributed by atoms with Crippen molar-refractivity contribution in [1.82, 2.24) is 15.5 Å². The van der Waals surface area contributed by atoms with E-state index in [1.807, 2.05) is 0 Å². The Kier molecular flexibility index (Phi) is 6.85. The van der Waals surface area contributed by atoms with Crippen LogP contribution >= 0.6 is 11.3 Å². The van der Waals surface area contributed by atoms with Crippen LogP contribution in [0, 0.1) is 5.82 Å². The minimum atomic E-state index is -4.63. The zero-order valence-electron chi connectivity index (χ0n) is 17.2. The largest absolute Gasteiger partial charge is 0.405 e. The number of benzene rings is 1. The Morgan fingerprint density at radius 2 is 1.88 bits per heavy atom. The summed E-state index contributed by atoms with van der Waals surface area (Å²) in [7, 11) is 0. The number of primary amides is 1. The lowest BCUT2D eigenvalue weighted by atomic mass is 10.2. The molecule has 1 unspecified atom stereocenters. The van der Waals surface area contributed by atoms with E-state index < -0.39 is 53.6 Å². The normalized spacial score (nSPS) is 12.3. The van der Waals surface area contributed by atoms with Crippen LogP contribution in [0.2, 0.25) is 0 Å². The first-order valence-corrected chi connectivity index (χ1v) is 10.2. The fourth-order valence-electron chi connectivity index (χ4n) is 2.69. The average Bonchev–Trinajstić information content (AvgIpc) is 3.40. The Balaban J connectivity index is 1.89. The van der Waals surface area contributed by atoms with Gasteiger partial charge in [0, 0.05) is 11.8 Å². The summed E-state index contributed by atoms with van der Waals surface area (Å²) in [5.74, 6) is -4.05. The maximum absolute atomic E-state index is 13.4. The van der Waals surface area contributed by atoms with Crippen molar-refractivity contribution in [3.8, 4) is 0 Å². The summed E-state index contributed by atoms with van der Waals surface area (Å²) in [6.07, 6.45) is -4.63. The molecule has 3 rings (SSSR count). The molecule has 0 radical (unpaired) electrons. The molecule has 0 saturated carbocycles. The third-order valence-electron chi connectivity index (χ3n) is 4.37. The van der Waals surface area contributed by atoms with Crippen LogP contribution in [0.25, 0.3) is 0 Å². The van der Waals surface area contributed by atoms with Crippen molar-refractivity contribution >= 4 is 45.6 Å². The zero-order chi connectivity index (χ0) is 25.2. The maximum atomic E-state index is 13.4. The molecule has 0 aliphatic rings. The molecule has 0 fully saturated rings. The van der Waals surface area contributed by atoms with E-state index in [9.17, 15) is 31.9 Å². The second-order valence-corrected chi connectivity index (χ2v) is 7.82. The van der Waals surface area contributed by atoms with Gasteiger partial charge in [-0.2, -0.15) is 13.2 Å². The van der Waals surface area contributed by atoms with Gasteiger partial charge in [0.15, 0.2) is 10.8 Å². The summed E-state index contributed by atoms with van der Waals surface area (Å²) in [5, 5.41) is 4.97. The molecule has 3 aromatic rings. The van der Waals surface area contributed by atoms with Crippen molar-refractivity contribution in [3.05, 3.63) is 52.5 Å². The number of thiazole rings is 1. The first-order valence-electron chi connectivity index (χ1n) is 9.34. The minimum Gasteiger partial charge on any atom is -0.382 e. The van der Waals surface area contributed by atoms with Gasteiger partial charge in [0.1, 0.15) is 29.1 Å². The first-order chi connectivity index (χ1) is 15.9. The number of carbonyl (C=O) groups excluding carboxylic acids is 3. The van der Waals surface area contributed by atoms with E-state index in [1.165, 1.54) is 24.0 Å². The summed E-state index contributed by atoms with van der Waals surface area (Å²) >= 11 is 0.748. The highest BCUT2D eigenvalue weighted by atomic mass is 32.1. The van der Waals surface area contributed by atoms with Crippen LogP contribution in [0.5, 0.6) is 0 Å². The second-order valence-electron chi connectivity index (χ2n) is 6.84. The maximum Gasteiger partial charge on any atom is 0.405 e. The number of rotatable bonds is 8. The minimum absolute atomic E-state index is 0.0708. The molecule has 1 atom stereocenters. The van der Waals surface area contributed by atoms with Crippen molar-refractivity contribution in [1.29, 1.82) is 0 Å². The number of ketones is 1. The van der Waals surface area contributed by atoms with Gasteiger partial charge in [0.2, 0.25) is 17.5 Å². The van der Waals surface area contributed by atoms with E-state index in [0.29, 0.717) is 5.69 Å². The first kappa shape index (κ1) is 24.6. The lowest BCUT2D eigenvalue weighted by Crippen LogP contribution is -2.39. The third kappa shape index (κ3) is 5.48. The number of anilines is 3. The number of nitrogens with one attached hydrogen (secondary N) is 1. The molecule has 5 N–H and O–H groups in total. The number of hydrogen-bond acceptors (Lipinski definition) is 9. The van der Waals surface area contributed by atoms with Gasteiger partial charge in [-0.25, -0.2) is 9.37 Å². The molecule has 15 heteroatoms. The van der Waals surface area contributed by atoms with Gasteiger partial charge < -0.3 is 26.2 Å². The standard InChI is InChI=1S/C19H16F4N6O4S/c1-8(16(25)31)29(10-4-2-9(20)3-5-10)18-27-15(24)14(34-18)13(30)12-6-11(28-33-12)17(32)26-7-19(21,22)23/h2-6,8H,7,24H2,1H3,(H2,25,31)(H,26,32). The molecular formula is C19H16F4N6O4S. The molecule has 0 aliphatic heterocycles. The average molecular weight is 500 g/mol. The monoisotopic (exact) mass is 500 g/mol. The van der Waals surface area contributed by atoms with Crippen molar-refractivity contribution in [2.75, 3.05) is 17.2 Å². The molecule has 180 valence electrons. The summed E-state index contributed by atoms with van der Waals surface area (Å²) in [6, 6.07) is 4.94. The van der Waals surface area contributed by atoms with Crippen LogP contribution in [-0.2, 0) is 4.79 Å². The van der Waals surface area contributed by atoms with Crippen molar-refractivity contribution in [2.45, 2.75) is 19.1 Å². The van der Waals surface area contributed by atoms with Crippen molar-refractivity contribution in [3.63, 3.8) is 0 Å². The van der Waals surface area contributed by atoms with Crippen LogP contribution in [-0.4, -0.2) is 46.5 Å². The fourth-order valence-corrected chi connectivity index (χ4v) is 3.72. The van der Waals surface area contributed by atoms with Gasteiger partial charge in [-0.3, -0.25) is 14.4 Å². The molecule has 0 spiro atoms. The molecule has 2 amide bonds. The number of nitrogens with two attached hydrogens (primary N) is 2. The van der Waals surface area contributed by atoms with Gasteiger partial charge in [0.05, 0.1) is 0 Å². The van der Waals surface area contributed by atoms with Crippen LogP contribution in [0.1, 0.15) is 32.8 Å². The molecule has 34 heavy (non-hydrogen) atoms. The molecule has 0 aliphatic carbocycles. The Morgan fingerprint density at radius 1 is 1.24 bits per heavy atom. The molecule has 1 aromatic carbocycles. The van der Waals surface area contributed by atoms with E-state index in [-0.39, 0.29) is 15.8 Å². The number of carbonyl (C=O) groups is 3. The number of alkyl halides is 3. The van der Waals surface area contributed by atoms with E-state index >= 15 is 0 Å². The quantitative estimate of drug-likeness (QED) is 0.314. The second kappa shape index (κ2) is 9.46. The molecular weight excluding hydrogens is 484 g/mol. The van der Waals surface area contributed by atoms with Gasteiger partial charge >= 0.3 is 6.18 Å². The third-order valence-corrected chi connectivity index (χ3v) is 5.44. The topological polar surface area (TPSA) is 157 Å². The van der Waals surface area contributed by atoms with Crippen LogP contribution in [0.15, 0.2) is 34.9 Å². The summed E-state index contributed by atoms with van der Waals surface area (Å²) in [4.78, 5) is 41.7. The number of amides is 2. The Hall–Kier alpha value is -4.01. The zero-order valence-corrected chi connectivity index (χ0v) is 18.0. The van der Waals surface area contributed by atoms with E-state index in [0.717, 1.165) is 29.5 Å². The van der Waals surface area contributed by atoms with Crippen LogP contribution in [0.4, 0.5) is 34.2 Å². The number of nitrogens with zero attached hydrogens (tertiary/aromatic N) is 3. The Bertz CT molecular complexity index is 1220. The van der Waals surface area contributed by atoms with E-state index in [1.54, 1.807) is 5.32 Å². The molecule has 2 heterocycles. The Morgan fingerprint density at radius 3 is 2.47 bits per heavy atom. The summed E-state index contributed by atoms with van der Waals surface area (Å²) in [5.41, 5.74) is 11.1. The van der Waals surface area contributed by atoms with Gasteiger partial charge in [-0.1, -0.05) is 16.5 Å². The number of nitrogen functional groups attached to an aromatic ring is 1. The highest BCUT2D eigenvalue weighted by Crippen LogP contribution is 2.36. The van der Waals surface area contributed by atoms with Crippen LogP contribution < -0.4 is 21.7 Å². The predicted octanol–water partition coefficient (Wildman–Crippen LogP) is 2.39. The molecule has 0 saturated heterocycles.